The number of amides is 1. The van der Waals surface area contributed by atoms with Gasteiger partial charge in [0.25, 0.3) is 0 Å². The van der Waals surface area contributed by atoms with E-state index in [1.807, 2.05) is 24.3 Å². The molecular weight excluding hydrogens is 332 g/mol. The van der Waals surface area contributed by atoms with Gasteiger partial charge in [-0.05, 0) is 48.4 Å². The van der Waals surface area contributed by atoms with Crippen molar-refractivity contribution in [3.05, 3.63) is 45.8 Å². The van der Waals surface area contributed by atoms with Gasteiger partial charge in [0.05, 0.1) is 19.1 Å². The molecule has 1 aromatic heterocycles. The van der Waals surface area contributed by atoms with E-state index in [0.29, 0.717) is 16.5 Å². The Morgan fingerprint density at radius 2 is 2.16 bits per heavy atom. The molecular formula is C20H22N2O2S. The zero-order valence-corrected chi connectivity index (χ0v) is 15.4. The van der Waals surface area contributed by atoms with Gasteiger partial charge in [0.15, 0.2) is 0 Å². The van der Waals surface area contributed by atoms with Crippen LogP contribution in [0.15, 0.2) is 24.3 Å². The fourth-order valence-electron chi connectivity index (χ4n) is 3.31. The summed E-state index contributed by atoms with van der Waals surface area (Å²) >= 11 is 1.58. The second-order valence-corrected chi connectivity index (χ2v) is 7.51. The van der Waals surface area contributed by atoms with Gasteiger partial charge < -0.3 is 10.1 Å². The number of fused-ring (bicyclic) bond motifs is 1. The van der Waals surface area contributed by atoms with Crippen LogP contribution in [0.3, 0.4) is 0 Å². The van der Waals surface area contributed by atoms with Gasteiger partial charge in [-0.25, -0.2) is 0 Å². The Bertz CT molecular complexity index is 802. The summed E-state index contributed by atoms with van der Waals surface area (Å²) in [6.07, 6.45) is 4.56. The summed E-state index contributed by atoms with van der Waals surface area (Å²) in [5.41, 5.74) is 2.73. The van der Waals surface area contributed by atoms with Gasteiger partial charge in [-0.15, -0.1) is 11.3 Å². The molecule has 0 aliphatic heterocycles. The van der Waals surface area contributed by atoms with Crippen molar-refractivity contribution in [3.8, 4) is 11.8 Å². The van der Waals surface area contributed by atoms with Gasteiger partial charge in [0.1, 0.15) is 16.8 Å². The van der Waals surface area contributed by atoms with Crippen molar-refractivity contribution >= 4 is 22.2 Å². The summed E-state index contributed by atoms with van der Waals surface area (Å²) in [6.45, 7) is 2.21. The van der Waals surface area contributed by atoms with E-state index in [4.69, 9.17) is 4.74 Å². The predicted molar refractivity (Wildman–Crippen MR) is 100 cm³/mol. The van der Waals surface area contributed by atoms with Crippen LogP contribution in [0.2, 0.25) is 0 Å². The van der Waals surface area contributed by atoms with Crippen molar-refractivity contribution < 1.29 is 9.53 Å². The highest BCUT2D eigenvalue weighted by molar-refractivity contribution is 7.16. The second kappa shape index (κ2) is 7.71. The topological polar surface area (TPSA) is 62.1 Å². The standard InChI is InChI=1S/C20H22N2O2S/c1-3-13-6-9-16-17(12-21)20(25-18(16)10-13)22-19(23)11-14-4-7-15(24-2)8-5-14/h4-5,7-8,13H,3,6,9-11H2,1-2H3,(H,22,23). The summed E-state index contributed by atoms with van der Waals surface area (Å²) in [5.74, 6) is 1.38. The Morgan fingerprint density at radius 3 is 2.80 bits per heavy atom. The molecule has 1 aliphatic carbocycles. The Hall–Kier alpha value is -2.32. The van der Waals surface area contributed by atoms with E-state index >= 15 is 0 Å². The molecule has 130 valence electrons. The van der Waals surface area contributed by atoms with Gasteiger partial charge >= 0.3 is 0 Å². The van der Waals surface area contributed by atoms with Crippen molar-refractivity contribution in [2.75, 3.05) is 12.4 Å². The fraction of sp³-hybridized carbons (Fsp3) is 0.400. The molecule has 2 aromatic rings. The van der Waals surface area contributed by atoms with E-state index in [2.05, 4.69) is 18.3 Å². The number of nitrogens with zero attached hydrogens (tertiary/aromatic N) is 1. The third-order valence-corrected chi connectivity index (χ3v) is 6.00. The Balaban J connectivity index is 1.73. The van der Waals surface area contributed by atoms with Gasteiger partial charge in [-0.1, -0.05) is 25.5 Å². The molecule has 0 saturated carbocycles. The van der Waals surface area contributed by atoms with Crippen molar-refractivity contribution in [1.29, 1.82) is 5.26 Å². The van der Waals surface area contributed by atoms with E-state index in [9.17, 15) is 10.1 Å². The zero-order valence-electron chi connectivity index (χ0n) is 14.6. The zero-order chi connectivity index (χ0) is 17.8. The fourth-order valence-corrected chi connectivity index (χ4v) is 4.64. The van der Waals surface area contributed by atoms with Gasteiger partial charge in [-0.2, -0.15) is 5.26 Å². The van der Waals surface area contributed by atoms with Crippen LogP contribution in [0.5, 0.6) is 5.75 Å². The highest BCUT2D eigenvalue weighted by Gasteiger charge is 2.25. The van der Waals surface area contributed by atoms with E-state index in [1.54, 1.807) is 18.4 Å². The van der Waals surface area contributed by atoms with Gasteiger partial charge in [-0.3, -0.25) is 4.79 Å². The summed E-state index contributed by atoms with van der Waals surface area (Å²) in [6, 6.07) is 9.76. The number of nitriles is 1. The van der Waals surface area contributed by atoms with Crippen molar-refractivity contribution in [2.24, 2.45) is 5.92 Å². The third kappa shape index (κ3) is 3.85. The van der Waals surface area contributed by atoms with E-state index < -0.39 is 0 Å². The van der Waals surface area contributed by atoms with Gasteiger partial charge in [0.2, 0.25) is 5.91 Å². The summed E-state index contributed by atoms with van der Waals surface area (Å²) < 4.78 is 5.13. The van der Waals surface area contributed by atoms with E-state index in [0.717, 1.165) is 36.1 Å². The van der Waals surface area contributed by atoms with Crippen LogP contribution >= 0.6 is 11.3 Å². The lowest BCUT2D eigenvalue weighted by Crippen LogP contribution is -2.14. The number of hydrogen-bond donors (Lipinski definition) is 1. The molecule has 1 aliphatic rings. The number of carbonyl (C=O) groups excluding carboxylic acids is 1. The molecule has 0 bridgehead atoms. The highest BCUT2D eigenvalue weighted by Crippen LogP contribution is 2.40. The van der Waals surface area contributed by atoms with Gasteiger partial charge in [0, 0.05) is 4.88 Å². The normalized spacial score (nSPS) is 16.0. The maximum absolute atomic E-state index is 12.4. The lowest BCUT2D eigenvalue weighted by Gasteiger charge is -2.20. The number of hydrogen-bond acceptors (Lipinski definition) is 4. The van der Waals surface area contributed by atoms with Crippen molar-refractivity contribution in [2.45, 2.75) is 39.0 Å². The second-order valence-electron chi connectivity index (χ2n) is 6.41. The first-order valence-corrected chi connectivity index (χ1v) is 9.43. The molecule has 1 aromatic carbocycles. The first-order valence-electron chi connectivity index (χ1n) is 8.62. The Kier molecular flexibility index (Phi) is 5.40. The number of methoxy groups -OCH3 is 1. The smallest absolute Gasteiger partial charge is 0.229 e. The number of anilines is 1. The van der Waals surface area contributed by atoms with Crippen molar-refractivity contribution in [1.82, 2.24) is 0 Å². The summed E-state index contributed by atoms with van der Waals surface area (Å²) in [7, 11) is 1.62. The average molecular weight is 354 g/mol. The van der Waals surface area contributed by atoms with Crippen LogP contribution in [-0.4, -0.2) is 13.0 Å². The maximum Gasteiger partial charge on any atom is 0.229 e. The molecule has 4 nitrogen and oxygen atoms in total. The molecule has 0 spiro atoms. The monoisotopic (exact) mass is 354 g/mol. The number of thiophene rings is 1. The van der Waals surface area contributed by atoms with Crippen LogP contribution < -0.4 is 10.1 Å². The molecule has 25 heavy (non-hydrogen) atoms. The largest absolute Gasteiger partial charge is 0.497 e. The number of rotatable bonds is 5. The van der Waals surface area contributed by atoms with Crippen LogP contribution in [0.1, 0.15) is 41.3 Å². The van der Waals surface area contributed by atoms with E-state index in [-0.39, 0.29) is 12.3 Å². The molecule has 1 heterocycles. The minimum absolute atomic E-state index is 0.0905. The minimum Gasteiger partial charge on any atom is -0.497 e. The van der Waals surface area contributed by atoms with E-state index in [1.165, 1.54) is 11.3 Å². The lowest BCUT2D eigenvalue weighted by molar-refractivity contribution is -0.115. The van der Waals surface area contributed by atoms with Crippen LogP contribution in [-0.2, 0) is 24.1 Å². The first-order chi connectivity index (χ1) is 12.1. The number of carbonyl (C=O) groups is 1. The molecule has 0 fully saturated rings. The molecule has 3 rings (SSSR count). The lowest BCUT2D eigenvalue weighted by atomic mass is 9.86. The third-order valence-electron chi connectivity index (χ3n) is 4.83. The molecule has 1 amide bonds. The molecule has 0 radical (unpaired) electrons. The Labute approximate surface area is 152 Å². The van der Waals surface area contributed by atoms with Crippen LogP contribution in [0.4, 0.5) is 5.00 Å². The number of benzene rings is 1. The summed E-state index contributed by atoms with van der Waals surface area (Å²) in [4.78, 5) is 13.7. The molecule has 1 atom stereocenters. The molecule has 5 heteroatoms. The number of ether oxygens (including phenoxy) is 1. The molecule has 1 unspecified atom stereocenters. The summed E-state index contributed by atoms with van der Waals surface area (Å²) in [5, 5.41) is 13.2. The van der Waals surface area contributed by atoms with Crippen molar-refractivity contribution in [3.63, 3.8) is 0 Å². The van der Waals surface area contributed by atoms with Crippen LogP contribution in [0.25, 0.3) is 0 Å². The van der Waals surface area contributed by atoms with Crippen LogP contribution in [0, 0.1) is 17.2 Å². The maximum atomic E-state index is 12.4. The Morgan fingerprint density at radius 1 is 1.40 bits per heavy atom. The predicted octanol–water partition coefficient (Wildman–Crippen LogP) is 4.32. The average Bonchev–Trinajstić information content (AvgIpc) is 2.97. The highest BCUT2D eigenvalue weighted by atomic mass is 32.1. The quantitative estimate of drug-likeness (QED) is 0.869. The molecule has 1 N–H and O–H groups in total. The minimum atomic E-state index is -0.0905. The first kappa shape index (κ1) is 17.5. The number of nitrogens with one attached hydrogen (secondary N) is 1. The molecule has 0 saturated heterocycles. The SMILES string of the molecule is CCC1CCc2c(sc(NC(=O)Cc3ccc(OC)cc3)c2C#N)C1.